The molecule has 0 fully saturated rings. The second-order valence-corrected chi connectivity index (χ2v) is 6.66. The quantitative estimate of drug-likeness (QED) is 0.391. The lowest BCUT2D eigenvalue weighted by atomic mass is 10.1. The molecular weight excluding hydrogens is 346 g/mol. The van der Waals surface area contributed by atoms with Crippen LogP contribution in [0.2, 0.25) is 0 Å². The normalized spacial score (nSPS) is 11.6. The number of nitrogens with two attached hydrogens (primary N) is 1. The molecular formula is C20H31N3O4. The molecule has 0 aromatic heterocycles. The molecule has 0 bridgehead atoms. The molecule has 150 valence electrons. The van der Waals surface area contributed by atoms with Crippen molar-refractivity contribution >= 4 is 17.7 Å². The van der Waals surface area contributed by atoms with Crippen molar-refractivity contribution < 1.29 is 19.5 Å². The summed E-state index contributed by atoms with van der Waals surface area (Å²) in [6, 6.07) is 5.71. The van der Waals surface area contributed by atoms with Crippen LogP contribution < -0.4 is 16.4 Å². The molecule has 1 aromatic carbocycles. The third-order valence-electron chi connectivity index (χ3n) is 4.25. The molecule has 0 aliphatic carbocycles. The summed E-state index contributed by atoms with van der Waals surface area (Å²) in [6.45, 7) is 2.51. The second kappa shape index (κ2) is 12.7. The predicted molar refractivity (Wildman–Crippen MR) is 104 cm³/mol. The molecule has 1 atom stereocenters. The summed E-state index contributed by atoms with van der Waals surface area (Å²) in [5, 5.41) is 14.5. The van der Waals surface area contributed by atoms with Gasteiger partial charge in [-0.2, -0.15) is 0 Å². The van der Waals surface area contributed by atoms with Crippen molar-refractivity contribution in [1.29, 1.82) is 0 Å². The largest absolute Gasteiger partial charge is 0.508 e. The van der Waals surface area contributed by atoms with E-state index in [4.69, 9.17) is 5.73 Å². The van der Waals surface area contributed by atoms with E-state index in [1.807, 2.05) is 0 Å². The lowest BCUT2D eigenvalue weighted by Crippen LogP contribution is -2.47. The molecule has 3 amide bonds. The third-order valence-corrected chi connectivity index (χ3v) is 4.25. The number of unbranched alkanes of at least 4 members (excludes halogenated alkanes) is 4. The number of carbonyl (C=O) groups is 3. The molecule has 0 saturated heterocycles. The maximum atomic E-state index is 12.0. The monoisotopic (exact) mass is 377 g/mol. The Labute approximate surface area is 160 Å². The SMILES string of the molecule is CCCCCCCC(=O)NC(CC(=O)NCCc1ccc(O)cc1)C(N)=O. The number of carbonyl (C=O) groups excluding carboxylic acids is 3. The maximum Gasteiger partial charge on any atom is 0.240 e. The van der Waals surface area contributed by atoms with Crippen LogP contribution in [0.3, 0.4) is 0 Å². The van der Waals surface area contributed by atoms with Crippen molar-refractivity contribution in [2.24, 2.45) is 5.73 Å². The molecule has 5 N–H and O–H groups in total. The van der Waals surface area contributed by atoms with Crippen LogP contribution in [0.4, 0.5) is 0 Å². The molecule has 7 heteroatoms. The molecule has 0 aliphatic rings. The van der Waals surface area contributed by atoms with Crippen LogP contribution >= 0.6 is 0 Å². The Hall–Kier alpha value is -2.57. The van der Waals surface area contributed by atoms with Gasteiger partial charge in [-0.15, -0.1) is 0 Å². The highest BCUT2D eigenvalue weighted by Crippen LogP contribution is 2.09. The maximum absolute atomic E-state index is 12.0. The molecule has 0 aliphatic heterocycles. The first-order valence-electron chi connectivity index (χ1n) is 9.55. The molecule has 1 rings (SSSR count). The minimum Gasteiger partial charge on any atom is -0.508 e. The van der Waals surface area contributed by atoms with Gasteiger partial charge >= 0.3 is 0 Å². The molecule has 27 heavy (non-hydrogen) atoms. The van der Waals surface area contributed by atoms with E-state index in [1.54, 1.807) is 24.3 Å². The molecule has 7 nitrogen and oxygen atoms in total. The second-order valence-electron chi connectivity index (χ2n) is 6.66. The van der Waals surface area contributed by atoms with Crippen molar-refractivity contribution in [1.82, 2.24) is 10.6 Å². The number of nitrogens with one attached hydrogen (secondary N) is 2. The minimum atomic E-state index is -0.998. The van der Waals surface area contributed by atoms with Crippen LogP contribution in [-0.4, -0.2) is 35.4 Å². The van der Waals surface area contributed by atoms with Gasteiger partial charge in [0.15, 0.2) is 0 Å². The number of benzene rings is 1. The third kappa shape index (κ3) is 10.2. The van der Waals surface area contributed by atoms with E-state index in [1.165, 1.54) is 0 Å². The zero-order chi connectivity index (χ0) is 20.1. The number of primary amides is 1. The zero-order valence-corrected chi connectivity index (χ0v) is 16.0. The van der Waals surface area contributed by atoms with E-state index in [2.05, 4.69) is 17.6 Å². The molecule has 0 radical (unpaired) electrons. The molecule has 0 heterocycles. The molecule has 0 saturated carbocycles. The van der Waals surface area contributed by atoms with Crippen LogP contribution in [0, 0.1) is 0 Å². The van der Waals surface area contributed by atoms with E-state index < -0.39 is 11.9 Å². The van der Waals surface area contributed by atoms with E-state index >= 15 is 0 Å². The summed E-state index contributed by atoms with van der Waals surface area (Å²) in [4.78, 5) is 35.5. The Bertz CT molecular complexity index is 602. The first-order valence-corrected chi connectivity index (χ1v) is 9.55. The number of hydrogen-bond acceptors (Lipinski definition) is 4. The highest BCUT2D eigenvalue weighted by molar-refractivity contribution is 5.91. The fraction of sp³-hybridized carbons (Fsp3) is 0.550. The first kappa shape index (κ1) is 22.5. The fourth-order valence-electron chi connectivity index (χ4n) is 2.64. The summed E-state index contributed by atoms with van der Waals surface area (Å²) < 4.78 is 0. The van der Waals surface area contributed by atoms with Crippen molar-refractivity contribution in [2.45, 2.75) is 64.3 Å². The van der Waals surface area contributed by atoms with E-state index in [0.29, 0.717) is 19.4 Å². The Balaban J connectivity index is 2.31. The van der Waals surface area contributed by atoms with Crippen LogP contribution in [-0.2, 0) is 20.8 Å². The predicted octanol–water partition coefficient (Wildman–Crippen LogP) is 1.77. The van der Waals surface area contributed by atoms with Gasteiger partial charge in [-0.25, -0.2) is 0 Å². The fourth-order valence-corrected chi connectivity index (χ4v) is 2.64. The number of hydrogen-bond donors (Lipinski definition) is 4. The average molecular weight is 377 g/mol. The summed E-state index contributed by atoms with van der Waals surface area (Å²) in [7, 11) is 0. The number of amides is 3. The smallest absolute Gasteiger partial charge is 0.240 e. The van der Waals surface area contributed by atoms with Gasteiger partial charge in [-0.05, 0) is 30.5 Å². The lowest BCUT2D eigenvalue weighted by molar-refractivity contribution is -0.130. The van der Waals surface area contributed by atoms with E-state index in [9.17, 15) is 19.5 Å². The van der Waals surface area contributed by atoms with Gasteiger partial charge in [-0.1, -0.05) is 44.7 Å². The highest BCUT2D eigenvalue weighted by atomic mass is 16.3. The van der Waals surface area contributed by atoms with Gasteiger partial charge in [-0.3, -0.25) is 14.4 Å². The van der Waals surface area contributed by atoms with Crippen LogP contribution in [0.1, 0.15) is 57.4 Å². The van der Waals surface area contributed by atoms with Gasteiger partial charge in [0.1, 0.15) is 11.8 Å². The Kier molecular flexibility index (Phi) is 10.6. The van der Waals surface area contributed by atoms with Gasteiger partial charge in [0.2, 0.25) is 17.7 Å². The summed E-state index contributed by atoms with van der Waals surface area (Å²) in [5.74, 6) is -1.13. The van der Waals surface area contributed by atoms with Crippen molar-refractivity contribution in [3.05, 3.63) is 29.8 Å². The van der Waals surface area contributed by atoms with Crippen molar-refractivity contribution in [3.8, 4) is 5.75 Å². The van der Waals surface area contributed by atoms with E-state index in [0.717, 1.165) is 37.7 Å². The average Bonchev–Trinajstić information content (AvgIpc) is 2.62. The summed E-state index contributed by atoms with van der Waals surface area (Å²) in [6.07, 6.45) is 5.86. The Morgan fingerprint density at radius 3 is 2.33 bits per heavy atom. The molecule has 0 spiro atoms. The van der Waals surface area contributed by atoms with E-state index in [-0.39, 0.29) is 24.0 Å². The number of phenolic OH excluding ortho intramolecular Hbond substituents is 1. The van der Waals surface area contributed by atoms with Crippen LogP contribution in [0.5, 0.6) is 5.75 Å². The molecule has 1 aromatic rings. The summed E-state index contributed by atoms with van der Waals surface area (Å²) in [5.41, 5.74) is 6.27. The van der Waals surface area contributed by atoms with Gasteiger partial charge in [0, 0.05) is 13.0 Å². The van der Waals surface area contributed by atoms with Gasteiger partial charge in [0.05, 0.1) is 6.42 Å². The minimum absolute atomic E-state index is 0.174. The molecule has 1 unspecified atom stereocenters. The lowest BCUT2D eigenvalue weighted by Gasteiger charge is -2.15. The first-order chi connectivity index (χ1) is 12.9. The Morgan fingerprint density at radius 2 is 1.70 bits per heavy atom. The number of phenols is 1. The summed E-state index contributed by atoms with van der Waals surface area (Å²) >= 11 is 0. The Morgan fingerprint density at radius 1 is 1.04 bits per heavy atom. The standard InChI is InChI=1S/C20H31N3O4/c1-2-3-4-5-6-7-18(25)23-17(20(21)27)14-19(26)22-13-12-15-8-10-16(24)11-9-15/h8-11,17,24H,2-7,12-14H2,1H3,(H2,21,27)(H,22,26)(H,23,25). The zero-order valence-electron chi connectivity index (χ0n) is 16.0. The topological polar surface area (TPSA) is 122 Å². The number of rotatable bonds is 13. The van der Waals surface area contributed by atoms with Crippen molar-refractivity contribution in [2.75, 3.05) is 6.54 Å². The van der Waals surface area contributed by atoms with Gasteiger partial charge < -0.3 is 21.5 Å². The number of aromatic hydroxyl groups is 1. The van der Waals surface area contributed by atoms with Gasteiger partial charge in [0.25, 0.3) is 0 Å². The van der Waals surface area contributed by atoms with Crippen molar-refractivity contribution in [3.63, 3.8) is 0 Å². The highest BCUT2D eigenvalue weighted by Gasteiger charge is 2.21. The van der Waals surface area contributed by atoms with Crippen LogP contribution in [0.25, 0.3) is 0 Å². The van der Waals surface area contributed by atoms with Crippen LogP contribution in [0.15, 0.2) is 24.3 Å².